The number of carboxylic acid groups (broad SMARTS) is 1. The second kappa shape index (κ2) is 38.1. The maximum absolute atomic E-state index is 14.7. The number of rotatable bonds is 42. The van der Waals surface area contributed by atoms with Gasteiger partial charge < -0.3 is 116 Å². The molecule has 1 aromatic carbocycles. The number of amides is 11. The van der Waals surface area contributed by atoms with Crippen LogP contribution in [0.4, 0.5) is 0 Å². The Kier molecular flexibility index (Phi) is 32.0. The first-order valence-electron chi connectivity index (χ1n) is 27.3. The largest absolute Gasteiger partial charge is 0.480 e. The number of carboxylic acids is 1. The average molecular weight is 1210 g/mol. The standard InChI is InChI=1S/C50H83N23O13/c51-16-4-3-9-27(52)40(78)71-34(21-37(54)75)46(84)73-35(22-38(55)76)45(83)69-29(11-5-17-62-48(56)57)42(80)68-30(12-6-18-63-49(58)59)43(81)72-33(20-25-23-65-28-10-2-1-8-26(25)28)44(82)70-31(14-15-36(53)74)41(79)66-24-39(77)67-32(47(85)86)13-7-19-64-50(60)61/h1-2,8,10,23,27,29-35,65H,3-7,9,11-22,24,51-52H2,(H2,53,74)(H2,54,75)(H2,55,76)(H,66,79)(H,67,77)(H,68,80)(H,69,83)(H,70,82)(H,71,78)(H,72,81)(H,73,84)(H,85,86)(H4,56,57,62)(H4,58,59,63)(H4,60,61,64)/t27-,29-,30-,31-,32-,33-,34-,35-/m0/s1. The zero-order valence-corrected chi connectivity index (χ0v) is 47.5. The first-order chi connectivity index (χ1) is 40.6. The summed E-state index contributed by atoms with van der Waals surface area (Å²) in [4.78, 5) is 174. The first kappa shape index (κ1) is 72.2. The molecule has 1 aromatic heterocycles. The Balaban J connectivity index is 2.60. The minimum absolute atomic E-state index is 0.000458. The number of aromatic nitrogens is 1. The molecule has 36 nitrogen and oxygen atoms in total. The molecule has 1 heterocycles. The van der Waals surface area contributed by atoms with Crippen molar-refractivity contribution < 1.29 is 62.6 Å². The summed E-state index contributed by atoms with van der Waals surface area (Å²) in [6.07, 6.45) is -0.618. The van der Waals surface area contributed by atoms with E-state index >= 15 is 0 Å². The molecule has 8 atom stereocenters. The number of aromatic amines is 1. The average Bonchev–Trinajstić information content (AvgIpc) is 3.81. The molecule has 11 amide bonds. The van der Waals surface area contributed by atoms with Gasteiger partial charge in [0, 0.05) is 49.6 Å². The highest BCUT2D eigenvalue weighted by Crippen LogP contribution is 2.20. The lowest BCUT2D eigenvalue weighted by Gasteiger charge is -2.27. The number of aliphatic imine (C=N–C) groups is 3. The van der Waals surface area contributed by atoms with Crippen LogP contribution in [0.25, 0.3) is 10.9 Å². The number of aliphatic carboxylic acids is 1. The Hall–Kier alpha value is -9.87. The van der Waals surface area contributed by atoms with Gasteiger partial charge in [0.15, 0.2) is 17.9 Å². The molecule has 476 valence electrons. The van der Waals surface area contributed by atoms with Crippen molar-refractivity contribution in [2.45, 2.75) is 138 Å². The van der Waals surface area contributed by atoms with Crippen molar-refractivity contribution in [3.8, 4) is 0 Å². The number of hydrogen-bond acceptors (Lipinski definition) is 17. The molecule has 0 spiro atoms. The third-order valence-corrected chi connectivity index (χ3v) is 12.6. The van der Waals surface area contributed by atoms with Crippen LogP contribution in [0.5, 0.6) is 0 Å². The lowest BCUT2D eigenvalue weighted by atomic mass is 10.0. The van der Waals surface area contributed by atoms with Crippen LogP contribution < -0.4 is 106 Å². The summed E-state index contributed by atoms with van der Waals surface area (Å²) in [7, 11) is 0. The van der Waals surface area contributed by atoms with Crippen LogP contribution in [0.1, 0.15) is 89.0 Å². The van der Waals surface area contributed by atoms with Crippen molar-refractivity contribution in [2.75, 3.05) is 32.7 Å². The SMILES string of the molecule is NCCCC[C@H](N)C(=O)N[C@@H](CC(N)=O)C(=O)N[C@@H](CC(N)=O)C(=O)N[C@@H](CCCN=C(N)N)C(=O)N[C@@H](CCCN=C(N)N)C(=O)N[C@@H](Cc1c[nH]c2ccccc12)C(=O)N[C@@H](CCC(N)=O)C(=O)NCC(=O)N[C@@H](CCCN=C(N)N)C(=O)O. The number of guanidine groups is 3. The molecule has 0 bridgehead atoms. The zero-order chi connectivity index (χ0) is 64.5. The number of nitrogens with two attached hydrogens (primary N) is 11. The van der Waals surface area contributed by atoms with Crippen molar-refractivity contribution in [3.63, 3.8) is 0 Å². The second-order valence-electron chi connectivity index (χ2n) is 19.7. The molecular weight excluding hydrogens is 1130 g/mol. The van der Waals surface area contributed by atoms with Gasteiger partial charge >= 0.3 is 5.97 Å². The smallest absolute Gasteiger partial charge is 0.326 e. The van der Waals surface area contributed by atoms with Crippen LogP contribution in [0.15, 0.2) is 45.4 Å². The molecule has 2 aromatic rings. The van der Waals surface area contributed by atoms with E-state index in [-0.39, 0.29) is 88.9 Å². The minimum atomic E-state index is -1.87. The lowest BCUT2D eigenvalue weighted by Crippen LogP contribution is -2.60. The first-order valence-corrected chi connectivity index (χ1v) is 27.3. The molecule has 0 fully saturated rings. The van der Waals surface area contributed by atoms with Gasteiger partial charge in [0.2, 0.25) is 65.0 Å². The molecule has 86 heavy (non-hydrogen) atoms. The number of nitrogens with zero attached hydrogens (tertiary/aromatic N) is 3. The van der Waals surface area contributed by atoms with Crippen molar-refractivity contribution in [1.29, 1.82) is 0 Å². The van der Waals surface area contributed by atoms with Gasteiger partial charge in [-0.3, -0.25) is 67.7 Å². The topological polar surface area (TPSA) is 660 Å². The second-order valence-corrected chi connectivity index (χ2v) is 19.7. The molecule has 0 aliphatic carbocycles. The van der Waals surface area contributed by atoms with E-state index in [1.54, 1.807) is 30.5 Å². The van der Waals surface area contributed by atoms with E-state index in [4.69, 9.17) is 63.1 Å². The Bertz CT molecular complexity index is 2760. The van der Waals surface area contributed by atoms with Gasteiger partial charge in [-0.15, -0.1) is 0 Å². The minimum Gasteiger partial charge on any atom is -0.480 e. The fraction of sp³-hybridized carbons (Fsp3) is 0.540. The summed E-state index contributed by atoms with van der Waals surface area (Å²) in [5.74, 6) is -13.6. The van der Waals surface area contributed by atoms with Crippen LogP contribution in [-0.2, 0) is 64.0 Å². The van der Waals surface area contributed by atoms with Crippen molar-refractivity contribution in [1.82, 2.24) is 47.5 Å². The number of carbonyl (C=O) groups is 12. The van der Waals surface area contributed by atoms with Crippen LogP contribution in [0.2, 0.25) is 0 Å². The number of para-hydroxylation sites is 1. The Morgan fingerprint density at radius 2 is 0.907 bits per heavy atom. The predicted molar refractivity (Wildman–Crippen MR) is 313 cm³/mol. The van der Waals surface area contributed by atoms with Crippen LogP contribution in [0.3, 0.4) is 0 Å². The highest BCUT2D eigenvalue weighted by molar-refractivity contribution is 6.00. The summed E-state index contributed by atoms with van der Waals surface area (Å²) in [5.41, 5.74) is 61.6. The molecule has 36 heteroatoms. The normalized spacial score (nSPS) is 13.6. The van der Waals surface area contributed by atoms with E-state index in [9.17, 15) is 62.6 Å². The maximum Gasteiger partial charge on any atom is 0.326 e. The van der Waals surface area contributed by atoms with Crippen molar-refractivity contribution in [3.05, 3.63) is 36.0 Å². The highest BCUT2D eigenvalue weighted by atomic mass is 16.4. The van der Waals surface area contributed by atoms with Gasteiger partial charge in [-0.1, -0.05) is 24.6 Å². The number of benzene rings is 1. The third-order valence-electron chi connectivity index (χ3n) is 12.6. The van der Waals surface area contributed by atoms with Gasteiger partial charge in [-0.05, 0) is 76.0 Å². The Morgan fingerprint density at radius 3 is 1.37 bits per heavy atom. The predicted octanol–water partition coefficient (Wildman–Crippen LogP) is -9.06. The number of unbranched alkanes of at least 4 members (excludes halogenated alkanes) is 1. The van der Waals surface area contributed by atoms with Gasteiger partial charge in [0.25, 0.3) is 0 Å². The Morgan fingerprint density at radius 1 is 0.477 bits per heavy atom. The number of carbonyl (C=O) groups excluding carboxylic acids is 11. The molecule has 0 aliphatic rings. The molecule has 0 unspecified atom stereocenters. The lowest BCUT2D eigenvalue weighted by molar-refractivity contribution is -0.142. The summed E-state index contributed by atoms with van der Waals surface area (Å²) in [6.45, 7) is -0.596. The van der Waals surface area contributed by atoms with Crippen molar-refractivity contribution in [2.24, 2.45) is 78.0 Å². The highest BCUT2D eigenvalue weighted by Gasteiger charge is 2.35. The van der Waals surface area contributed by atoms with Crippen molar-refractivity contribution >= 4 is 99.7 Å². The fourth-order valence-corrected chi connectivity index (χ4v) is 8.23. The van der Waals surface area contributed by atoms with Crippen LogP contribution in [0, 0.1) is 0 Å². The van der Waals surface area contributed by atoms with E-state index < -0.39 is 152 Å². The molecule has 32 N–H and O–H groups in total. The summed E-state index contributed by atoms with van der Waals surface area (Å²) in [6, 6.07) is -5.66. The number of nitrogens with one attached hydrogen (secondary N) is 9. The summed E-state index contributed by atoms with van der Waals surface area (Å²) in [5, 5.41) is 29.5. The quantitative estimate of drug-likeness (QED) is 0.0167. The van der Waals surface area contributed by atoms with E-state index in [1.807, 2.05) is 0 Å². The van der Waals surface area contributed by atoms with Gasteiger partial charge in [-0.2, -0.15) is 0 Å². The van der Waals surface area contributed by atoms with E-state index in [1.165, 1.54) is 0 Å². The molecular formula is C50H83N23O13. The molecule has 0 saturated heterocycles. The number of primary amides is 3. The zero-order valence-electron chi connectivity index (χ0n) is 47.5. The summed E-state index contributed by atoms with van der Waals surface area (Å²) < 4.78 is 0. The summed E-state index contributed by atoms with van der Waals surface area (Å²) >= 11 is 0. The molecule has 0 saturated carbocycles. The van der Waals surface area contributed by atoms with Crippen LogP contribution in [-0.4, -0.2) is 180 Å². The number of H-pyrrole nitrogens is 1. The number of fused-ring (bicyclic) bond motifs is 1. The molecule has 2 rings (SSSR count). The molecule has 0 aliphatic heterocycles. The van der Waals surface area contributed by atoms with Gasteiger partial charge in [0.05, 0.1) is 25.4 Å². The van der Waals surface area contributed by atoms with Gasteiger partial charge in [-0.25, -0.2) is 4.79 Å². The Labute approximate surface area is 493 Å². The maximum atomic E-state index is 14.7. The van der Waals surface area contributed by atoms with E-state index in [2.05, 4.69) is 62.5 Å². The van der Waals surface area contributed by atoms with Crippen LogP contribution >= 0.6 is 0 Å². The van der Waals surface area contributed by atoms with Gasteiger partial charge in [0.1, 0.15) is 42.3 Å². The monoisotopic (exact) mass is 1210 g/mol. The van der Waals surface area contributed by atoms with E-state index in [0.717, 1.165) is 0 Å². The number of hydrogen-bond donors (Lipinski definition) is 21. The molecule has 0 radical (unpaired) electrons. The fourth-order valence-electron chi connectivity index (χ4n) is 8.23. The van der Waals surface area contributed by atoms with E-state index in [0.29, 0.717) is 35.9 Å². The third kappa shape index (κ3) is 28.4.